The highest BCUT2D eigenvalue weighted by atomic mass is 15.3. The lowest BCUT2D eigenvalue weighted by atomic mass is 10.0. The molecule has 0 amide bonds. The second-order valence-corrected chi connectivity index (χ2v) is 2.69. The van der Waals surface area contributed by atoms with Crippen LogP contribution in [0.3, 0.4) is 0 Å². The van der Waals surface area contributed by atoms with Gasteiger partial charge in [0.1, 0.15) is 5.35 Å². The number of nitrogens with one attached hydrogen (secondary N) is 1. The molecular formula is C7H11N3. The lowest BCUT2D eigenvalue weighted by Gasteiger charge is -2.01. The van der Waals surface area contributed by atoms with Gasteiger partial charge in [0.2, 0.25) is 0 Å². The molecule has 1 aliphatic rings. The van der Waals surface area contributed by atoms with Crippen molar-refractivity contribution in [2.45, 2.75) is 13.3 Å². The fourth-order valence-corrected chi connectivity index (χ4v) is 1.17. The van der Waals surface area contributed by atoms with Gasteiger partial charge in [-0.25, -0.2) is 0 Å². The van der Waals surface area contributed by atoms with E-state index in [1.54, 1.807) is 0 Å². The summed E-state index contributed by atoms with van der Waals surface area (Å²) >= 11 is 0. The highest BCUT2D eigenvalue weighted by molar-refractivity contribution is 5.34. The van der Waals surface area contributed by atoms with Gasteiger partial charge in [-0.3, -0.25) is 5.10 Å². The Labute approximate surface area is 59.9 Å². The Bertz CT molecular complexity index is 341. The summed E-state index contributed by atoms with van der Waals surface area (Å²) in [4.78, 5) is 0. The number of aromatic nitrogens is 3. The molecule has 10 heavy (non-hydrogen) atoms. The molecule has 3 nitrogen and oxygen atoms in total. The van der Waals surface area contributed by atoms with E-state index < -0.39 is 0 Å². The molecule has 2 rings (SSSR count). The van der Waals surface area contributed by atoms with Gasteiger partial charge in [0.05, 0.1) is 5.35 Å². The fourth-order valence-electron chi connectivity index (χ4n) is 1.17. The predicted octanol–water partition coefficient (Wildman–Crippen LogP) is -0.349. The summed E-state index contributed by atoms with van der Waals surface area (Å²) in [5.74, 6) is 0.620. The van der Waals surface area contributed by atoms with E-state index in [9.17, 15) is 0 Å². The van der Waals surface area contributed by atoms with Crippen LogP contribution in [0.2, 0.25) is 0 Å². The van der Waals surface area contributed by atoms with Crippen LogP contribution in [0.1, 0.15) is 14.8 Å². The Morgan fingerprint density at radius 3 is 3.60 bits per heavy atom. The normalized spacial score (nSPS) is 22.7. The number of fused-ring (bicyclic) bond motifs is 1. The number of rotatable bonds is 0. The molecule has 0 bridgehead atoms. The molecule has 0 saturated heterocycles. The molecule has 0 radical (unpaired) electrons. The first kappa shape index (κ1) is 5.65. The second kappa shape index (κ2) is 1.94. The minimum atomic E-state index is 0. The predicted molar refractivity (Wildman–Crippen MR) is 40.5 cm³/mol. The van der Waals surface area contributed by atoms with E-state index in [4.69, 9.17) is 0 Å². The van der Waals surface area contributed by atoms with E-state index in [0.717, 1.165) is 17.1 Å². The minimum absolute atomic E-state index is 0. The van der Waals surface area contributed by atoms with Crippen LogP contribution in [0.15, 0.2) is 0 Å². The summed E-state index contributed by atoms with van der Waals surface area (Å²) in [6, 6.07) is 0. The van der Waals surface area contributed by atoms with Crippen molar-refractivity contribution in [1.82, 2.24) is 15.4 Å². The average Bonchev–Trinajstić information content (AvgIpc) is 2.33. The molecule has 1 unspecified atom stereocenters. The van der Waals surface area contributed by atoms with Gasteiger partial charge in [-0.2, -0.15) is 0 Å². The molecular weight excluding hydrogens is 126 g/mol. The molecule has 1 aliphatic carbocycles. The quantitative estimate of drug-likeness (QED) is 0.531. The van der Waals surface area contributed by atoms with Crippen LogP contribution in [0.25, 0.3) is 12.2 Å². The first-order valence-electron chi connectivity index (χ1n) is 3.45. The maximum Gasteiger partial charge on any atom is 0.108 e. The maximum absolute atomic E-state index is 3.90. The van der Waals surface area contributed by atoms with Crippen LogP contribution in [0.5, 0.6) is 0 Å². The fraction of sp³-hybridized carbons (Fsp3) is 0.429. The zero-order valence-corrected chi connectivity index (χ0v) is 5.83. The Hall–Kier alpha value is -1.12. The monoisotopic (exact) mass is 137 g/mol. The van der Waals surface area contributed by atoms with Crippen molar-refractivity contribution in [3.8, 4) is 0 Å². The van der Waals surface area contributed by atoms with Crippen LogP contribution in [-0.4, -0.2) is 15.4 Å². The van der Waals surface area contributed by atoms with Gasteiger partial charge in [-0.1, -0.05) is 24.3 Å². The van der Waals surface area contributed by atoms with E-state index >= 15 is 0 Å². The third-order valence-electron chi connectivity index (χ3n) is 1.74. The van der Waals surface area contributed by atoms with Gasteiger partial charge in [-0.05, 0) is 12.3 Å². The zero-order chi connectivity index (χ0) is 6.97. The lowest BCUT2D eigenvalue weighted by molar-refractivity contribution is 0.795. The molecule has 54 valence electrons. The zero-order valence-electron chi connectivity index (χ0n) is 5.83. The molecule has 0 spiro atoms. The number of hydrogen-bond donors (Lipinski definition) is 1. The van der Waals surface area contributed by atoms with E-state index in [1.165, 1.54) is 0 Å². The van der Waals surface area contributed by atoms with Crippen molar-refractivity contribution < 1.29 is 1.43 Å². The third-order valence-corrected chi connectivity index (χ3v) is 1.74. The van der Waals surface area contributed by atoms with Crippen molar-refractivity contribution in [1.29, 1.82) is 0 Å². The molecule has 3 heteroatoms. The van der Waals surface area contributed by atoms with Crippen LogP contribution >= 0.6 is 0 Å². The number of aromatic amines is 1. The van der Waals surface area contributed by atoms with Crippen LogP contribution < -0.4 is 10.7 Å². The Morgan fingerprint density at radius 1 is 1.80 bits per heavy atom. The van der Waals surface area contributed by atoms with Gasteiger partial charge in [-0.15, -0.1) is 5.10 Å². The van der Waals surface area contributed by atoms with Crippen LogP contribution in [-0.2, 0) is 0 Å². The first-order chi connectivity index (χ1) is 4.86. The van der Waals surface area contributed by atoms with Crippen LogP contribution in [0, 0.1) is 5.92 Å². The summed E-state index contributed by atoms with van der Waals surface area (Å²) in [6.07, 6.45) is 5.36. The van der Waals surface area contributed by atoms with E-state index in [2.05, 4.69) is 34.5 Å². The SMILES string of the molecule is CC1C=c2[nH]nnc2=CC1.[HH]. The summed E-state index contributed by atoms with van der Waals surface area (Å²) < 4.78 is 0. The van der Waals surface area contributed by atoms with E-state index in [0.29, 0.717) is 5.92 Å². The first-order valence-corrected chi connectivity index (χ1v) is 3.45. The molecule has 1 aromatic heterocycles. The highest BCUT2D eigenvalue weighted by Gasteiger charge is 2.01. The molecule has 0 aromatic carbocycles. The van der Waals surface area contributed by atoms with Gasteiger partial charge in [0, 0.05) is 1.43 Å². The van der Waals surface area contributed by atoms with Gasteiger partial charge in [0.25, 0.3) is 0 Å². The molecule has 0 saturated carbocycles. The number of hydrogen-bond acceptors (Lipinski definition) is 2. The highest BCUT2D eigenvalue weighted by Crippen LogP contribution is 2.04. The van der Waals surface area contributed by atoms with Crippen molar-refractivity contribution in [2.75, 3.05) is 0 Å². The largest absolute Gasteiger partial charge is 0.258 e. The van der Waals surface area contributed by atoms with Gasteiger partial charge < -0.3 is 0 Å². The molecule has 0 fully saturated rings. The smallest absolute Gasteiger partial charge is 0.108 e. The minimum Gasteiger partial charge on any atom is -0.258 e. The second-order valence-electron chi connectivity index (χ2n) is 2.69. The molecule has 1 atom stereocenters. The maximum atomic E-state index is 3.90. The van der Waals surface area contributed by atoms with Crippen molar-refractivity contribution >= 4 is 12.2 Å². The topological polar surface area (TPSA) is 41.6 Å². The molecule has 1 N–H and O–H groups in total. The van der Waals surface area contributed by atoms with Crippen molar-refractivity contribution in [3.63, 3.8) is 0 Å². The summed E-state index contributed by atoms with van der Waals surface area (Å²) in [7, 11) is 0. The lowest BCUT2D eigenvalue weighted by Crippen LogP contribution is -2.28. The Balaban J connectivity index is 0.000000605. The molecule has 1 heterocycles. The van der Waals surface area contributed by atoms with Crippen molar-refractivity contribution in [2.24, 2.45) is 5.92 Å². The van der Waals surface area contributed by atoms with Gasteiger partial charge >= 0.3 is 0 Å². The molecule has 0 aliphatic heterocycles. The molecule has 1 aromatic rings. The third kappa shape index (κ3) is 0.744. The van der Waals surface area contributed by atoms with Crippen LogP contribution in [0.4, 0.5) is 0 Å². The van der Waals surface area contributed by atoms with E-state index in [1.807, 2.05) is 0 Å². The number of nitrogens with zero attached hydrogens (tertiary/aromatic N) is 2. The van der Waals surface area contributed by atoms with Gasteiger partial charge in [0.15, 0.2) is 0 Å². The Kier molecular flexibility index (Phi) is 1.09. The van der Waals surface area contributed by atoms with E-state index in [-0.39, 0.29) is 1.43 Å². The number of H-pyrrole nitrogens is 1. The standard InChI is InChI=1S/C7H9N3.H2/c1-5-2-3-6-7(4-5)9-10-8-6;/h3-5H,2H2,1H3,(H,8,9);1H. The van der Waals surface area contributed by atoms with Crippen molar-refractivity contribution in [3.05, 3.63) is 10.7 Å². The summed E-state index contributed by atoms with van der Waals surface area (Å²) in [5, 5.41) is 12.5. The average molecular weight is 137 g/mol. The summed E-state index contributed by atoms with van der Waals surface area (Å²) in [5.41, 5.74) is 0. The Morgan fingerprint density at radius 2 is 2.70 bits per heavy atom. The summed E-state index contributed by atoms with van der Waals surface area (Å²) in [6.45, 7) is 2.18.